The van der Waals surface area contributed by atoms with Gasteiger partial charge in [0, 0.05) is 15.6 Å². The monoisotopic (exact) mass is 344 g/mol. The van der Waals surface area contributed by atoms with Crippen LogP contribution in [-0.4, -0.2) is 9.97 Å². The van der Waals surface area contributed by atoms with Crippen molar-refractivity contribution in [2.45, 2.75) is 19.8 Å². The van der Waals surface area contributed by atoms with Gasteiger partial charge in [-0.2, -0.15) is 0 Å². The lowest BCUT2D eigenvalue weighted by Crippen LogP contribution is -1.97. The molecule has 2 rings (SSSR count). The van der Waals surface area contributed by atoms with Crippen molar-refractivity contribution in [3.8, 4) is 11.4 Å². The molecule has 1 heterocycles. The van der Waals surface area contributed by atoms with E-state index in [0.29, 0.717) is 16.1 Å². The van der Waals surface area contributed by atoms with Crippen LogP contribution in [0.2, 0.25) is 10.3 Å². The molecule has 2 nitrogen and oxygen atoms in total. The summed E-state index contributed by atoms with van der Waals surface area (Å²) < 4.78 is 1.01. The molecule has 0 saturated heterocycles. The maximum absolute atomic E-state index is 6.15. The quantitative estimate of drug-likeness (QED) is 0.717. The maximum Gasteiger partial charge on any atom is 0.162 e. The first-order valence-corrected chi connectivity index (χ1v) is 7.14. The standard InChI is InChI=1S/C13H11BrCl2N2/c1-2-3-10-11(15)17-13(18-12(10)16)8-4-6-9(14)7-5-8/h4-7H,2-3H2,1H3. The Labute approximate surface area is 124 Å². The van der Waals surface area contributed by atoms with Crippen LogP contribution in [0.3, 0.4) is 0 Å². The van der Waals surface area contributed by atoms with Crippen LogP contribution in [-0.2, 0) is 6.42 Å². The highest BCUT2D eigenvalue weighted by Gasteiger charge is 2.11. The minimum Gasteiger partial charge on any atom is -0.216 e. The molecular formula is C13H11BrCl2N2. The van der Waals surface area contributed by atoms with Gasteiger partial charge in [0.1, 0.15) is 10.3 Å². The Morgan fingerprint density at radius 2 is 1.61 bits per heavy atom. The van der Waals surface area contributed by atoms with Gasteiger partial charge in [0.2, 0.25) is 0 Å². The van der Waals surface area contributed by atoms with Gasteiger partial charge in [0.15, 0.2) is 5.82 Å². The second-order valence-corrected chi connectivity index (χ2v) is 5.50. The van der Waals surface area contributed by atoms with Crippen LogP contribution in [0.5, 0.6) is 0 Å². The summed E-state index contributed by atoms with van der Waals surface area (Å²) in [4.78, 5) is 8.61. The molecule has 0 amide bonds. The van der Waals surface area contributed by atoms with Crippen molar-refractivity contribution in [2.24, 2.45) is 0 Å². The molecule has 5 heteroatoms. The van der Waals surface area contributed by atoms with Gasteiger partial charge in [0.25, 0.3) is 0 Å². The summed E-state index contributed by atoms with van der Waals surface area (Å²) in [5.74, 6) is 0.553. The van der Waals surface area contributed by atoms with Crippen molar-refractivity contribution in [3.63, 3.8) is 0 Å². The molecular weight excluding hydrogens is 335 g/mol. The molecule has 0 N–H and O–H groups in total. The normalized spacial score (nSPS) is 10.7. The summed E-state index contributed by atoms with van der Waals surface area (Å²) in [6, 6.07) is 7.71. The van der Waals surface area contributed by atoms with E-state index in [0.717, 1.165) is 28.4 Å². The van der Waals surface area contributed by atoms with Crippen LogP contribution in [0, 0.1) is 0 Å². The van der Waals surface area contributed by atoms with Crippen LogP contribution in [0.25, 0.3) is 11.4 Å². The molecule has 0 spiro atoms. The van der Waals surface area contributed by atoms with Gasteiger partial charge in [-0.15, -0.1) is 0 Å². The molecule has 0 saturated carbocycles. The first-order valence-electron chi connectivity index (χ1n) is 5.59. The summed E-state index contributed by atoms with van der Waals surface area (Å²) in [5, 5.41) is 0.879. The Morgan fingerprint density at radius 3 is 2.11 bits per heavy atom. The second-order valence-electron chi connectivity index (χ2n) is 3.86. The predicted molar refractivity (Wildman–Crippen MR) is 79.2 cm³/mol. The van der Waals surface area contributed by atoms with E-state index in [-0.39, 0.29) is 0 Å². The number of hydrogen-bond acceptors (Lipinski definition) is 2. The van der Waals surface area contributed by atoms with Crippen LogP contribution in [0.15, 0.2) is 28.7 Å². The number of benzene rings is 1. The maximum atomic E-state index is 6.15. The zero-order chi connectivity index (χ0) is 13.1. The summed E-state index contributed by atoms with van der Waals surface area (Å²) in [7, 11) is 0. The third-order valence-corrected chi connectivity index (χ3v) is 3.66. The zero-order valence-electron chi connectivity index (χ0n) is 9.75. The SMILES string of the molecule is CCCc1c(Cl)nc(-c2ccc(Br)cc2)nc1Cl. The van der Waals surface area contributed by atoms with E-state index < -0.39 is 0 Å². The van der Waals surface area contributed by atoms with Crippen molar-refractivity contribution < 1.29 is 0 Å². The third-order valence-electron chi connectivity index (χ3n) is 2.51. The van der Waals surface area contributed by atoms with E-state index in [9.17, 15) is 0 Å². The lowest BCUT2D eigenvalue weighted by Gasteiger charge is -2.07. The molecule has 18 heavy (non-hydrogen) atoms. The van der Waals surface area contributed by atoms with Crippen molar-refractivity contribution in [1.29, 1.82) is 0 Å². The van der Waals surface area contributed by atoms with Gasteiger partial charge in [-0.1, -0.05) is 64.6 Å². The molecule has 0 bridgehead atoms. The number of halogens is 3. The number of rotatable bonds is 3. The molecule has 0 aliphatic heterocycles. The van der Waals surface area contributed by atoms with Crippen LogP contribution < -0.4 is 0 Å². The average Bonchev–Trinajstić information content (AvgIpc) is 2.34. The Bertz CT molecular complexity index is 532. The Kier molecular flexibility index (Phi) is 4.60. The van der Waals surface area contributed by atoms with Gasteiger partial charge in [-0.05, 0) is 18.6 Å². The van der Waals surface area contributed by atoms with Crippen molar-refractivity contribution in [3.05, 3.63) is 44.6 Å². The molecule has 0 radical (unpaired) electrons. The van der Waals surface area contributed by atoms with Gasteiger partial charge in [-0.3, -0.25) is 0 Å². The fourth-order valence-electron chi connectivity index (χ4n) is 1.62. The van der Waals surface area contributed by atoms with E-state index in [1.165, 1.54) is 0 Å². The highest BCUT2D eigenvalue weighted by atomic mass is 79.9. The topological polar surface area (TPSA) is 25.8 Å². The molecule has 0 unspecified atom stereocenters. The summed E-state index contributed by atoms with van der Waals surface area (Å²) in [5.41, 5.74) is 1.71. The molecule has 0 aliphatic rings. The fraction of sp³-hybridized carbons (Fsp3) is 0.231. The van der Waals surface area contributed by atoms with Crippen LogP contribution in [0.1, 0.15) is 18.9 Å². The predicted octanol–water partition coefficient (Wildman–Crippen LogP) is 5.17. The summed E-state index contributed by atoms with van der Waals surface area (Å²) in [6.45, 7) is 2.06. The lowest BCUT2D eigenvalue weighted by molar-refractivity contribution is 0.903. The molecule has 1 aromatic carbocycles. The second kappa shape index (κ2) is 6.00. The highest BCUT2D eigenvalue weighted by Crippen LogP contribution is 2.27. The van der Waals surface area contributed by atoms with Gasteiger partial charge in [-0.25, -0.2) is 9.97 Å². The van der Waals surface area contributed by atoms with E-state index in [1.807, 2.05) is 24.3 Å². The van der Waals surface area contributed by atoms with Crippen molar-refractivity contribution >= 4 is 39.1 Å². The third kappa shape index (κ3) is 3.02. The molecule has 2 aromatic rings. The Morgan fingerprint density at radius 1 is 1.06 bits per heavy atom. The largest absolute Gasteiger partial charge is 0.216 e. The minimum absolute atomic E-state index is 0.440. The minimum atomic E-state index is 0.440. The lowest BCUT2D eigenvalue weighted by atomic mass is 10.2. The van der Waals surface area contributed by atoms with Gasteiger partial charge in [0.05, 0.1) is 0 Å². The summed E-state index contributed by atoms with van der Waals surface area (Å²) in [6.07, 6.45) is 1.75. The first kappa shape index (κ1) is 13.8. The van der Waals surface area contributed by atoms with Crippen molar-refractivity contribution in [2.75, 3.05) is 0 Å². The van der Waals surface area contributed by atoms with Crippen LogP contribution in [0.4, 0.5) is 0 Å². The van der Waals surface area contributed by atoms with E-state index >= 15 is 0 Å². The highest BCUT2D eigenvalue weighted by molar-refractivity contribution is 9.10. The fourth-order valence-corrected chi connectivity index (χ4v) is 2.46. The molecule has 0 atom stereocenters. The Balaban J connectivity index is 2.44. The van der Waals surface area contributed by atoms with E-state index in [2.05, 4.69) is 32.8 Å². The molecule has 0 fully saturated rings. The Hall–Kier alpha value is -0.640. The van der Waals surface area contributed by atoms with Gasteiger partial charge >= 0.3 is 0 Å². The van der Waals surface area contributed by atoms with E-state index in [4.69, 9.17) is 23.2 Å². The van der Waals surface area contributed by atoms with Gasteiger partial charge < -0.3 is 0 Å². The number of aromatic nitrogens is 2. The zero-order valence-corrected chi connectivity index (χ0v) is 12.8. The molecule has 1 aromatic heterocycles. The number of nitrogens with zero attached hydrogens (tertiary/aromatic N) is 2. The van der Waals surface area contributed by atoms with E-state index in [1.54, 1.807) is 0 Å². The smallest absolute Gasteiger partial charge is 0.162 e. The average molecular weight is 346 g/mol. The first-order chi connectivity index (χ1) is 8.61. The molecule has 0 aliphatic carbocycles. The van der Waals surface area contributed by atoms with Crippen molar-refractivity contribution in [1.82, 2.24) is 9.97 Å². The van der Waals surface area contributed by atoms with Crippen LogP contribution >= 0.6 is 39.1 Å². The summed E-state index contributed by atoms with van der Waals surface area (Å²) >= 11 is 15.7. The molecule has 94 valence electrons. The number of hydrogen-bond donors (Lipinski definition) is 0.